The quantitative estimate of drug-likeness (QED) is 0.702. The molecule has 0 saturated carbocycles. The summed E-state index contributed by atoms with van der Waals surface area (Å²) >= 11 is 0. The summed E-state index contributed by atoms with van der Waals surface area (Å²) in [5, 5.41) is 10.3. The zero-order valence-electron chi connectivity index (χ0n) is 18.0. The first kappa shape index (κ1) is 23.3. The van der Waals surface area contributed by atoms with Crippen molar-refractivity contribution >= 4 is 15.9 Å². The second-order valence-electron chi connectivity index (χ2n) is 9.18. The number of benzene rings is 2. The summed E-state index contributed by atoms with van der Waals surface area (Å²) in [6, 6.07) is 10.3. The lowest BCUT2D eigenvalue weighted by Gasteiger charge is -2.36. The number of carbonyl (C=O) groups is 1. The molecule has 2 aromatic rings. The number of aliphatic hydroxyl groups is 1. The van der Waals surface area contributed by atoms with Gasteiger partial charge >= 0.3 is 6.18 Å². The number of likely N-dealkylation sites (tertiary alicyclic amines) is 1. The molecule has 11 heteroatoms. The van der Waals surface area contributed by atoms with Crippen LogP contribution in [0, 0.1) is 11.8 Å². The minimum atomic E-state index is -4.53. The molecule has 3 aliphatic heterocycles. The molecule has 3 heterocycles. The van der Waals surface area contributed by atoms with Crippen molar-refractivity contribution in [1.29, 1.82) is 0 Å². The second kappa shape index (κ2) is 8.04. The first-order valence-corrected chi connectivity index (χ1v) is 12.3. The van der Waals surface area contributed by atoms with E-state index in [0.29, 0.717) is 24.2 Å². The van der Waals surface area contributed by atoms with E-state index in [1.807, 2.05) is 0 Å². The van der Waals surface area contributed by atoms with Gasteiger partial charge in [0.25, 0.3) is 5.91 Å². The van der Waals surface area contributed by atoms with Gasteiger partial charge in [-0.25, -0.2) is 8.42 Å². The Balaban J connectivity index is 1.22. The lowest BCUT2D eigenvalue weighted by atomic mass is 9.91. The van der Waals surface area contributed by atoms with Crippen LogP contribution in [-0.2, 0) is 26.5 Å². The van der Waals surface area contributed by atoms with E-state index in [9.17, 15) is 31.5 Å². The third kappa shape index (κ3) is 4.00. The van der Waals surface area contributed by atoms with E-state index in [4.69, 9.17) is 4.74 Å². The van der Waals surface area contributed by atoms with Gasteiger partial charge in [-0.1, -0.05) is 12.1 Å². The molecule has 3 aliphatic rings. The maximum atomic E-state index is 13.0. The molecule has 0 aromatic heterocycles. The van der Waals surface area contributed by atoms with Gasteiger partial charge < -0.3 is 14.7 Å². The van der Waals surface area contributed by atoms with Crippen molar-refractivity contribution in [1.82, 2.24) is 9.21 Å². The van der Waals surface area contributed by atoms with E-state index < -0.39 is 27.4 Å². The summed E-state index contributed by atoms with van der Waals surface area (Å²) in [6.45, 7) is 1.68. The van der Waals surface area contributed by atoms with Crippen molar-refractivity contribution in [3.63, 3.8) is 0 Å². The predicted octanol–water partition coefficient (Wildman–Crippen LogP) is 2.32. The minimum Gasteiger partial charge on any atom is -0.380 e. The number of hydrogen-bond acceptors (Lipinski definition) is 5. The number of hydrogen-bond donors (Lipinski definition) is 1. The molecular weight excluding hydrogens is 473 g/mol. The Hall–Kier alpha value is -2.47. The largest absolute Gasteiger partial charge is 0.416 e. The Bertz CT molecular complexity index is 1180. The molecule has 2 atom stereocenters. The third-order valence-corrected chi connectivity index (χ3v) is 8.76. The van der Waals surface area contributed by atoms with Crippen LogP contribution in [0.4, 0.5) is 13.2 Å². The number of fused-ring (bicyclic) bond motifs is 1. The highest BCUT2D eigenvalue weighted by Crippen LogP contribution is 2.36. The van der Waals surface area contributed by atoms with Crippen molar-refractivity contribution < 1.29 is 36.2 Å². The molecule has 0 bridgehead atoms. The van der Waals surface area contributed by atoms with Gasteiger partial charge in [0.2, 0.25) is 10.0 Å². The fraction of sp³-hybridized carbons (Fsp3) is 0.435. The van der Waals surface area contributed by atoms with E-state index in [2.05, 4.69) is 0 Å². The molecule has 0 radical (unpaired) electrons. The van der Waals surface area contributed by atoms with Crippen molar-refractivity contribution in [3.05, 3.63) is 65.2 Å². The van der Waals surface area contributed by atoms with Crippen LogP contribution in [0.2, 0.25) is 0 Å². The maximum Gasteiger partial charge on any atom is 0.416 e. The molecule has 1 amide bonds. The van der Waals surface area contributed by atoms with Crippen LogP contribution in [0.1, 0.15) is 21.5 Å². The lowest BCUT2D eigenvalue weighted by Crippen LogP contribution is -2.46. The molecule has 182 valence electrons. The SMILES string of the molecule is O=C(c1ccc(C2(O)COC2)cc1)N1CC2CN(S(=O)(=O)c3ccc(C(F)(F)F)cc3)CC2C1. The van der Waals surface area contributed by atoms with Crippen LogP contribution < -0.4 is 0 Å². The van der Waals surface area contributed by atoms with Crippen LogP contribution in [0.25, 0.3) is 0 Å². The predicted molar refractivity (Wildman–Crippen MR) is 114 cm³/mol. The first-order valence-electron chi connectivity index (χ1n) is 10.8. The van der Waals surface area contributed by atoms with Crippen LogP contribution in [-0.4, -0.2) is 68.0 Å². The number of amides is 1. The average molecular weight is 497 g/mol. The Morgan fingerprint density at radius 3 is 1.97 bits per heavy atom. The molecule has 3 saturated heterocycles. The van der Waals surface area contributed by atoms with Crippen LogP contribution >= 0.6 is 0 Å². The number of sulfonamides is 1. The number of ether oxygens (including phenoxy) is 1. The van der Waals surface area contributed by atoms with Crippen molar-refractivity contribution in [2.24, 2.45) is 11.8 Å². The molecular formula is C23H23F3N2O5S. The fourth-order valence-corrected chi connectivity index (χ4v) is 6.40. The molecule has 7 nitrogen and oxygen atoms in total. The standard InChI is InChI=1S/C23H23F3N2O5S/c24-23(25,26)19-5-7-20(8-6-19)34(31,32)28-11-16-9-27(10-17(16)12-28)21(29)15-1-3-18(4-2-15)22(30)13-33-14-22/h1-8,16-17,30H,9-14H2. The molecule has 2 unspecified atom stereocenters. The zero-order valence-corrected chi connectivity index (χ0v) is 18.8. The summed E-state index contributed by atoms with van der Waals surface area (Å²) in [6.07, 6.45) is -4.53. The summed E-state index contributed by atoms with van der Waals surface area (Å²) in [4.78, 5) is 14.5. The van der Waals surface area contributed by atoms with E-state index in [-0.39, 0.29) is 48.9 Å². The number of rotatable bonds is 4. The van der Waals surface area contributed by atoms with Gasteiger partial charge in [0, 0.05) is 31.7 Å². The zero-order chi connectivity index (χ0) is 24.3. The minimum absolute atomic E-state index is 0.0414. The van der Waals surface area contributed by atoms with Crippen LogP contribution in [0.5, 0.6) is 0 Å². The molecule has 0 spiro atoms. The van der Waals surface area contributed by atoms with Crippen molar-refractivity contribution in [2.75, 3.05) is 39.4 Å². The summed E-state index contributed by atoms with van der Waals surface area (Å²) < 4.78 is 70.6. The van der Waals surface area contributed by atoms with E-state index in [1.54, 1.807) is 29.2 Å². The molecule has 3 fully saturated rings. The third-order valence-electron chi connectivity index (χ3n) is 6.91. The molecule has 34 heavy (non-hydrogen) atoms. The van der Waals surface area contributed by atoms with Gasteiger partial charge in [-0.2, -0.15) is 17.5 Å². The van der Waals surface area contributed by atoms with Gasteiger partial charge in [0.15, 0.2) is 0 Å². The highest BCUT2D eigenvalue weighted by molar-refractivity contribution is 7.89. The summed E-state index contributed by atoms with van der Waals surface area (Å²) in [5.41, 5.74) is -0.726. The van der Waals surface area contributed by atoms with Gasteiger partial charge in [-0.05, 0) is 53.8 Å². The normalized spacial score (nSPS) is 24.6. The Labute approximate surface area is 194 Å². The molecule has 1 N–H and O–H groups in total. The van der Waals surface area contributed by atoms with Crippen molar-refractivity contribution in [2.45, 2.75) is 16.7 Å². The number of alkyl halides is 3. The molecule has 5 rings (SSSR count). The highest BCUT2D eigenvalue weighted by Gasteiger charge is 2.46. The molecule has 2 aromatic carbocycles. The highest BCUT2D eigenvalue weighted by atomic mass is 32.2. The molecule has 0 aliphatic carbocycles. The van der Waals surface area contributed by atoms with Crippen LogP contribution in [0.3, 0.4) is 0 Å². The average Bonchev–Trinajstić information content (AvgIpc) is 3.37. The van der Waals surface area contributed by atoms with E-state index >= 15 is 0 Å². The Morgan fingerprint density at radius 1 is 0.941 bits per heavy atom. The lowest BCUT2D eigenvalue weighted by molar-refractivity contribution is -0.184. The Kier molecular flexibility index (Phi) is 5.51. The monoisotopic (exact) mass is 496 g/mol. The fourth-order valence-electron chi connectivity index (χ4n) is 4.84. The second-order valence-corrected chi connectivity index (χ2v) is 11.1. The van der Waals surface area contributed by atoms with E-state index in [1.165, 1.54) is 4.31 Å². The van der Waals surface area contributed by atoms with Gasteiger partial charge in [-0.3, -0.25) is 4.79 Å². The Morgan fingerprint density at radius 2 is 1.50 bits per heavy atom. The van der Waals surface area contributed by atoms with Crippen LogP contribution in [0.15, 0.2) is 53.4 Å². The maximum absolute atomic E-state index is 13.0. The number of nitrogens with zero attached hydrogens (tertiary/aromatic N) is 2. The number of halogens is 3. The summed E-state index contributed by atoms with van der Waals surface area (Å²) in [5.74, 6) is -0.240. The van der Waals surface area contributed by atoms with E-state index in [0.717, 1.165) is 24.3 Å². The summed E-state index contributed by atoms with van der Waals surface area (Å²) in [7, 11) is -3.92. The van der Waals surface area contributed by atoms with Gasteiger partial charge in [0.1, 0.15) is 5.60 Å². The smallest absolute Gasteiger partial charge is 0.380 e. The van der Waals surface area contributed by atoms with Crippen molar-refractivity contribution in [3.8, 4) is 0 Å². The topological polar surface area (TPSA) is 87.2 Å². The number of carbonyl (C=O) groups excluding carboxylic acids is 1. The first-order chi connectivity index (χ1) is 16.0. The van der Waals surface area contributed by atoms with Gasteiger partial charge in [0.05, 0.1) is 23.7 Å². The van der Waals surface area contributed by atoms with Gasteiger partial charge in [-0.15, -0.1) is 0 Å².